The predicted octanol–water partition coefficient (Wildman–Crippen LogP) is 2.58. The number of carbonyl (C=O) groups is 1. The van der Waals surface area contributed by atoms with Crippen LogP contribution < -0.4 is 11.1 Å². The molecule has 0 bridgehead atoms. The van der Waals surface area contributed by atoms with E-state index >= 15 is 0 Å². The number of hydrogen-bond donors (Lipinski definition) is 3. The van der Waals surface area contributed by atoms with Crippen molar-refractivity contribution in [3.05, 3.63) is 29.0 Å². The third-order valence-corrected chi connectivity index (χ3v) is 3.22. The van der Waals surface area contributed by atoms with E-state index in [0.717, 1.165) is 12.1 Å². The maximum absolute atomic E-state index is 13.2. The third-order valence-electron chi connectivity index (χ3n) is 3.00. The molecule has 0 aliphatic rings. The van der Waals surface area contributed by atoms with E-state index in [9.17, 15) is 9.18 Å². The Labute approximate surface area is 115 Å². The monoisotopic (exact) mass is 287 g/mol. The average molecular weight is 288 g/mol. The number of benzene rings is 1. The Bertz CT molecular complexity index is 501. The number of rotatable bonds is 4. The second-order valence-electron chi connectivity index (χ2n) is 4.28. The number of oxime groups is 1. The van der Waals surface area contributed by atoms with Crippen LogP contribution in [0.3, 0.4) is 0 Å². The number of nitrogens with zero attached hydrogens (tertiary/aromatic N) is 1. The quantitative estimate of drug-likeness (QED) is 0.344. The number of hydrogen-bond acceptors (Lipinski definition) is 3. The number of amidine groups is 1. The molecule has 0 heterocycles. The summed E-state index contributed by atoms with van der Waals surface area (Å²) in [7, 11) is 0. The van der Waals surface area contributed by atoms with Crippen LogP contribution in [-0.2, 0) is 4.79 Å². The second-order valence-corrected chi connectivity index (χ2v) is 4.72. The summed E-state index contributed by atoms with van der Waals surface area (Å²) < 4.78 is 13.2. The van der Waals surface area contributed by atoms with Crippen LogP contribution in [0.1, 0.15) is 20.3 Å². The van der Waals surface area contributed by atoms with Crippen molar-refractivity contribution in [1.82, 2.24) is 0 Å². The summed E-state index contributed by atoms with van der Waals surface area (Å²) in [6.07, 6.45) is 0.317. The van der Waals surface area contributed by atoms with Gasteiger partial charge in [-0.25, -0.2) is 4.39 Å². The average Bonchev–Trinajstić information content (AvgIpc) is 2.35. The molecule has 1 amide bonds. The van der Waals surface area contributed by atoms with Crippen LogP contribution in [-0.4, -0.2) is 17.0 Å². The first-order chi connectivity index (χ1) is 8.83. The topological polar surface area (TPSA) is 87.7 Å². The summed E-state index contributed by atoms with van der Waals surface area (Å²) in [6, 6.07) is 3.66. The van der Waals surface area contributed by atoms with E-state index in [1.165, 1.54) is 13.0 Å². The molecule has 4 N–H and O–H groups in total. The zero-order valence-electron chi connectivity index (χ0n) is 10.6. The van der Waals surface area contributed by atoms with Gasteiger partial charge in [0.05, 0.1) is 0 Å². The molecule has 0 aliphatic carbocycles. The van der Waals surface area contributed by atoms with E-state index in [4.69, 9.17) is 22.5 Å². The highest BCUT2D eigenvalue weighted by Crippen LogP contribution is 2.25. The molecule has 1 atom stereocenters. The van der Waals surface area contributed by atoms with Gasteiger partial charge in [0.25, 0.3) is 0 Å². The lowest BCUT2D eigenvalue weighted by molar-refractivity contribution is -0.121. The fourth-order valence-electron chi connectivity index (χ4n) is 1.46. The Morgan fingerprint density at radius 2 is 2.21 bits per heavy atom. The zero-order chi connectivity index (χ0) is 14.6. The minimum atomic E-state index is -1.19. The van der Waals surface area contributed by atoms with Crippen molar-refractivity contribution in [3.63, 3.8) is 0 Å². The molecule has 1 aromatic rings. The molecule has 1 rings (SSSR count). The first kappa shape index (κ1) is 15.2. The summed E-state index contributed by atoms with van der Waals surface area (Å²) >= 11 is 5.69. The van der Waals surface area contributed by atoms with Crippen molar-refractivity contribution in [2.75, 3.05) is 5.32 Å². The van der Waals surface area contributed by atoms with Crippen molar-refractivity contribution in [2.24, 2.45) is 16.3 Å². The van der Waals surface area contributed by atoms with Gasteiger partial charge in [0.15, 0.2) is 5.84 Å². The SMILES string of the molecule is CCC(C)(C(=O)Nc1cc(F)cc(Cl)c1)/C(N)=N/O. The third kappa shape index (κ3) is 3.35. The molecular weight excluding hydrogens is 273 g/mol. The first-order valence-electron chi connectivity index (χ1n) is 5.59. The Morgan fingerprint density at radius 1 is 1.58 bits per heavy atom. The molecule has 19 heavy (non-hydrogen) atoms. The van der Waals surface area contributed by atoms with E-state index in [1.807, 2.05) is 0 Å². The van der Waals surface area contributed by atoms with Crippen LogP contribution in [0.4, 0.5) is 10.1 Å². The molecule has 104 valence electrons. The van der Waals surface area contributed by atoms with Crippen LogP contribution in [0.2, 0.25) is 5.02 Å². The van der Waals surface area contributed by atoms with Gasteiger partial charge in [0, 0.05) is 10.7 Å². The highest BCUT2D eigenvalue weighted by molar-refractivity contribution is 6.31. The number of anilines is 1. The minimum absolute atomic E-state index is 0.164. The van der Waals surface area contributed by atoms with Gasteiger partial charge < -0.3 is 16.3 Å². The summed E-state index contributed by atoms with van der Waals surface area (Å²) in [5.41, 5.74) is 4.54. The second kappa shape index (κ2) is 5.88. The van der Waals surface area contributed by atoms with Gasteiger partial charge in [-0.3, -0.25) is 4.79 Å². The number of halogens is 2. The van der Waals surface area contributed by atoms with Crippen molar-refractivity contribution in [3.8, 4) is 0 Å². The van der Waals surface area contributed by atoms with Crippen LogP contribution in [0.25, 0.3) is 0 Å². The van der Waals surface area contributed by atoms with Crippen molar-refractivity contribution >= 4 is 29.0 Å². The Kier molecular flexibility index (Phi) is 4.72. The number of carbonyl (C=O) groups excluding carboxylic acids is 1. The maximum atomic E-state index is 13.2. The van der Waals surface area contributed by atoms with E-state index in [0.29, 0.717) is 6.42 Å². The molecule has 7 heteroatoms. The van der Waals surface area contributed by atoms with Gasteiger partial charge in [0.2, 0.25) is 5.91 Å². The first-order valence-corrected chi connectivity index (χ1v) is 5.97. The lowest BCUT2D eigenvalue weighted by Gasteiger charge is -2.25. The molecular formula is C12H15ClFN3O2. The van der Waals surface area contributed by atoms with Gasteiger partial charge in [-0.05, 0) is 31.5 Å². The van der Waals surface area contributed by atoms with E-state index in [-0.39, 0.29) is 16.5 Å². The number of amides is 1. The lowest BCUT2D eigenvalue weighted by atomic mass is 9.85. The molecule has 0 aliphatic heterocycles. The van der Waals surface area contributed by atoms with Gasteiger partial charge in [-0.2, -0.15) is 0 Å². The molecule has 0 radical (unpaired) electrons. The molecule has 0 spiro atoms. The summed E-state index contributed by atoms with van der Waals surface area (Å²) in [5, 5.41) is 14.2. The van der Waals surface area contributed by atoms with Gasteiger partial charge in [-0.1, -0.05) is 23.7 Å². The fourth-order valence-corrected chi connectivity index (χ4v) is 1.69. The van der Waals surface area contributed by atoms with Crippen molar-refractivity contribution in [1.29, 1.82) is 0 Å². The summed E-state index contributed by atoms with van der Waals surface area (Å²) in [4.78, 5) is 12.1. The number of nitrogens with one attached hydrogen (secondary N) is 1. The smallest absolute Gasteiger partial charge is 0.238 e. The van der Waals surface area contributed by atoms with E-state index in [1.54, 1.807) is 6.92 Å². The molecule has 1 unspecified atom stereocenters. The maximum Gasteiger partial charge on any atom is 0.238 e. The number of nitrogens with two attached hydrogens (primary N) is 1. The summed E-state index contributed by atoms with van der Waals surface area (Å²) in [6.45, 7) is 3.24. The molecule has 0 aromatic heterocycles. The zero-order valence-corrected chi connectivity index (χ0v) is 11.3. The van der Waals surface area contributed by atoms with Crippen molar-refractivity contribution < 1.29 is 14.4 Å². The molecule has 0 fully saturated rings. The molecule has 0 saturated carbocycles. The Morgan fingerprint density at radius 3 is 2.68 bits per heavy atom. The Balaban J connectivity index is 3.01. The van der Waals surface area contributed by atoms with Crippen LogP contribution in [0.15, 0.2) is 23.4 Å². The predicted molar refractivity (Wildman–Crippen MR) is 71.8 cm³/mol. The molecule has 1 aromatic carbocycles. The highest BCUT2D eigenvalue weighted by atomic mass is 35.5. The molecule has 5 nitrogen and oxygen atoms in total. The van der Waals surface area contributed by atoms with E-state index < -0.39 is 17.1 Å². The largest absolute Gasteiger partial charge is 0.409 e. The highest BCUT2D eigenvalue weighted by Gasteiger charge is 2.36. The normalized spacial score (nSPS) is 14.8. The fraction of sp³-hybridized carbons (Fsp3) is 0.333. The Hall–Kier alpha value is -1.82. The standard InChI is InChI=1S/C12H15ClFN3O2/c1-3-12(2,10(15)17-19)11(18)16-9-5-7(13)4-8(14)6-9/h4-6,19H,3H2,1-2H3,(H2,15,17)(H,16,18). The lowest BCUT2D eigenvalue weighted by Crippen LogP contribution is -2.44. The van der Waals surface area contributed by atoms with Crippen LogP contribution in [0, 0.1) is 11.2 Å². The van der Waals surface area contributed by atoms with Crippen LogP contribution >= 0.6 is 11.6 Å². The van der Waals surface area contributed by atoms with E-state index in [2.05, 4.69) is 10.5 Å². The van der Waals surface area contributed by atoms with Gasteiger partial charge in [0.1, 0.15) is 11.2 Å². The summed E-state index contributed by atoms with van der Waals surface area (Å²) in [5.74, 6) is -1.29. The molecule has 0 saturated heterocycles. The van der Waals surface area contributed by atoms with Gasteiger partial charge >= 0.3 is 0 Å². The van der Waals surface area contributed by atoms with Crippen molar-refractivity contribution in [2.45, 2.75) is 20.3 Å². The minimum Gasteiger partial charge on any atom is -0.409 e. The van der Waals surface area contributed by atoms with Crippen LogP contribution in [0.5, 0.6) is 0 Å². The van der Waals surface area contributed by atoms with Gasteiger partial charge in [-0.15, -0.1) is 0 Å².